The number of amides is 3. The summed E-state index contributed by atoms with van der Waals surface area (Å²) in [5.74, 6) is -0.807. The molecule has 0 atom stereocenters. The second-order valence-electron chi connectivity index (χ2n) is 6.08. The van der Waals surface area contributed by atoms with Crippen molar-refractivity contribution in [2.24, 2.45) is 0 Å². The molecule has 1 saturated heterocycles. The third-order valence-corrected chi connectivity index (χ3v) is 6.81. The summed E-state index contributed by atoms with van der Waals surface area (Å²) in [6, 6.07) is 3.00. The maximum atomic E-state index is 12.7. The van der Waals surface area contributed by atoms with Gasteiger partial charge in [0.2, 0.25) is 15.9 Å². The number of imide groups is 1. The Labute approximate surface area is 175 Å². The van der Waals surface area contributed by atoms with Gasteiger partial charge in [-0.05, 0) is 12.1 Å². The molecule has 0 radical (unpaired) electrons. The Hall–Kier alpha value is -1.60. The Kier molecular flexibility index (Phi) is 7.74. The van der Waals surface area contributed by atoms with Gasteiger partial charge < -0.3 is 5.32 Å². The summed E-state index contributed by atoms with van der Waals surface area (Å²) in [6.45, 7) is -1.37. The molecule has 1 aliphatic heterocycles. The second-order valence-corrected chi connectivity index (χ2v) is 8.77. The monoisotopic (exact) mass is 476 g/mol. The van der Waals surface area contributed by atoms with E-state index in [-0.39, 0.29) is 47.7 Å². The zero-order valence-corrected chi connectivity index (χ0v) is 17.1. The number of hydrogen-bond acceptors (Lipinski definition) is 5. The van der Waals surface area contributed by atoms with Gasteiger partial charge in [-0.1, -0.05) is 29.3 Å². The number of nitrogens with one attached hydrogen (secondary N) is 2. The predicted molar refractivity (Wildman–Crippen MR) is 99.3 cm³/mol. The number of rotatable bonds is 5. The highest BCUT2D eigenvalue weighted by Crippen LogP contribution is 2.31. The maximum absolute atomic E-state index is 12.7. The van der Waals surface area contributed by atoms with Crippen molar-refractivity contribution in [3.63, 3.8) is 0 Å². The molecule has 8 nitrogen and oxygen atoms in total. The average Bonchev–Trinajstić information content (AvgIpc) is 2.62. The topological polar surface area (TPSA) is 98.8 Å². The molecule has 0 spiro atoms. The highest BCUT2D eigenvalue weighted by Gasteiger charge is 2.31. The van der Waals surface area contributed by atoms with Crippen molar-refractivity contribution in [2.45, 2.75) is 11.1 Å². The van der Waals surface area contributed by atoms with Crippen molar-refractivity contribution in [1.29, 1.82) is 0 Å². The van der Waals surface area contributed by atoms with E-state index in [2.05, 4.69) is 0 Å². The zero-order valence-electron chi connectivity index (χ0n) is 14.8. The lowest BCUT2D eigenvalue weighted by atomic mass is 10.3. The van der Waals surface area contributed by atoms with Crippen LogP contribution >= 0.6 is 23.2 Å². The Morgan fingerprint density at radius 1 is 1.10 bits per heavy atom. The molecule has 0 aliphatic carbocycles. The predicted octanol–water partition coefficient (Wildman–Crippen LogP) is 1.69. The normalized spacial score (nSPS) is 16.4. The Balaban J connectivity index is 1.86. The van der Waals surface area contributed by atoms with Gasteiger partial charge in [-0.25, -0.2) is 13.2 Å². The van der Waals surface area contributed by atoms with E-state index in [1.807, 2.05) is 0 Å². The van der Waals surface area contributed by atoms with Gasteiger partial charge in [0.15, 0.2) is 0 Å². The van der Waals surface area contributed by atoms with Gasteiger partial charge in [-0.15, -0.1) is 0 Å². The maximum Gasteiger partial charge on any atom is 0.405 e. The molecular formula is C15H17Cl2F3N4O4S. The molecule has 0 bridgehead atoms. The number of alkyl halides is 3. The van der Waals surface area contributed by atoms with Crippen molar-refractivity contribution >= 4 is 45.2 Å². The van der Waals surface area contributed by atoms with E-state index in [0.717, 1.165) is 0 Å². The summed E-state index contributed by atoms with van der Waals surface area (Å²) in [5, 5.41) is 3.33. The van der Waals surface area contributed by atoms with Crippen LogP contribution in [0.2, 0.25) is 10.0 Å². The summed E-state index contributed by atoms with van der Waals surface area (Å²) in [4.78, 5) is 24.5. The third kappa shape index (κ3) is 6.71. The highest BCUT2D eigenvalue weighted by molar-refractivity contribution is 7.89. The Bertz CT molecular complexity index is 875. The Morgan fingerprint density at radius 3 is 2.31 bits per heavy atom. The van der Waals surface area contributed by atoms with Gasteiger partial charge >= 0.3 is 12.2 Å². The Morgan fingerprint density at radius 2 is 1.72 bits per heavy atom. The van der Waals surface area contributed by atoms with E-state index in [1.165, 1.54) is 27.8 Å². The van der Waals surface area contributed by atoms with Crippen molar-refractivity contribution in [3.05, 3.63) is 28.2 Å². The number of nitrogens with zero attached hydrogens (tertiary/aromatic N) is 2. The van der Waals surface area contributed by atoms with Crippen LogP contribution in [0.3, 0.4) is 0 Å². The average molecular weight is 477 g/mol. The van der Waals surface area contributed by atoms with Crippen LogP contribution in [0.5, 0.6) is 0 Å². The lowest BCUT2D eigenvalue weighted by molar-refractivity contribution is -0.125. The van der Waals surface area contributed by atoms with E-state index in [0.29, 0.717) is 0 Å². The lowest BCUT2D eigenvalue weighted by Crippen LogP contribution is -2.52. The molecule has 1 aliphatic rings. The number of carbonyl (C=O) groups is 2. The van der Waals surface area contributed by atoms with Crippen LogP contribution in [0, 0.1) is 0 Å². The molecule has 162 valence electrons. The van der Waals surface area contributed by atoms with Gasteiger partial charge in [0, 0.05) is 26.2 Å². The van der Waals surface area contributed by atoms with Gasteiger partial charge in [-0.3, -0.25) is 15.0 Å². The van der Waals surface area contributed by atoms with Gasteiger partial charge in [0.05, 0.1) is 16.6 Å². The first-order valence-electron chi connectivity index (χ1n) is 8.21. The fourth-order valence-electron chi connectivity index (χ4n) is 2.54. The summed E-state index contributed by atoms with van der Waals surface area (Å²) in [6.07, 6.45) is -4.59. The van der Waals surface area contributed by atoms with Crippen LogP contribution in [0.25, 0.3) is 0 Å². The van der Waals surface area contributed by atoms with Crippen LogP contribution in [-0.2, 0) is 14.8 Å². The van der Waals surface area contributed by atoms with Gasteiger partial charge in [-0.2, -0.15) is 17.5 Å². The minimum absolute atomic E-state index is 0.0543. The number of halogens is 5. The molecule has 2 N–H and O–H groups in total. The third-order valence-electron chi connectivity index (χ3n) is 3.93. The molecule has 1 fully saturated rings. The number of carbonyl (C=O) groups excluding carboxylic acids is 2. The summed E-state index contributed by atoms with van der Waals surface area (Å²) in [7, 11) is -3.89. The molecule has 0 saturated carbocycles. The van der Waals surface area contributed by atoms with Crippen molar-refractivity contribution in [2.75, 3.05) is 39.3 Å². The fraction of sp³-hybridized carbons (Fsp3) is 0.467. The minimum atomic E-state index is -4.59. The minimum Gasteiger partial charge on any atom is -0.329 e. The molecular weight excluding hydrogens is 460 g/mol. The van der Waals surface area contributed by atoms with E-state index >= 15 is 0 Å². The first-order chi connectivity index (χ1) is 13.4. The first-order valence-corrected chi connectivity index (χ1v) is 10.4. The molecule has 0 unspecified atom stereocenters. The number of sulfonamides is 1. The lowest BCUT2D eigenvalue weighted by Gasteiger charge is -2.33. The summed E-state index contributed by atoms with van der Waals surface area (Å²) >= 11 is 11.9. The molecule has 1 aromatic rings. The molecule has 1 heterocycles. The summed E-state index contributed by atoms with van der Waals surface area (Å²) in [5.41, 5.74) is 0. The van der Waals surface area contributed by atoms with E-state index in [9.17, 15) is 31.2 Å². The van der Waals surface area contributed by atoms with Crippen LogP contribution in [0.1, 0.15) is 0 Å². The number of piperazine rings is 1. The number of benzene rings is 1. The molecule has 29 heavy (non-hydrogen) atoms. The quantitative estimate of drug-likeness (QED) is 0.673. The molecule has 14 heteroatoms. The van der Waals surface area contributed by atoms with E-state index in [1.54, 1.807) is 10.2 Å². The SMILES string of the molecule is O=C(CN1CCN(S(=O)(=O)c2cccc(Cl)c2Cl)CC1)NC(=O)NCC(F)(F)F. The van der Waals surface area contributed by atoms with Crippen molar-refractivity contribution in [3.8, 4) is 0 Å². The van der Waals surface area contributed by atoms with E-state index < -0.39 is 34.7 Å². The van der Waals surface area contributed by atoms with E-state index in [4.69, 9.17) is 23.2 Å². The first kappa shape index (κ1) is 23.7. The van der Waals surface area contributed by atoms with Gasteiger partial charge in [0.25, 0.3) is 0 Å². The largest absolute Gasteiger partial charge is 0.405 e. The molecule has 1 aromatic carbocycles. The number of hydrogen-bond donors (Lipinski definition) is 2. The fourth-order valence-corrected chi connectivity index (χ4v) is 4.70. The van der Waals surface area contributed by atoms with Crippen molar-refractivity contribution < 1.29 is 31.2 Å². The van der Waals surface area contributed by atoms with Crippen LogP contribution < -0.4 is 10.6 Å². The second kappa shape index (κ2) is 9.47. The van der Waals surface area contributed by atoms with Crippen LogP contribution in [0.15, 0.2) is 23.1 Å². The van der Waals surface area contributed by atoms with Crippen molar-refractivity contribution in [1.82, 2.24) is 19.8 Å². The summed E-state index contributed by atoms with van der Waals surface area (Å²) < 4.78 is 62.7. The smallest absolute Gasteiger partial charge is 0.329 e. The molecule has 2 rings (SSSR count). The zero-order chi connectivity index (χ0) is 21.8. The standard InChI is InChI=1S/C15H17Cl2F3N4O4S/c16-10-2-1-3-11(13(10)17)29(27,28)24-6-4-23(5-7-24)8-12(25)22-14(26)21-9-15(18,19)20/h1-3H,4-9H2,(H2,21,22,25,26). The molecule has 3 amide bonds. The molecule has 0 aromatic heterocycles. The number of urea groups is 1. The highest BCUT2D eigenvalue weighted by atomic mass is 35.5. The van der Waals surface area contributed by atoms with Crippen LogP contribution in [0.4, 0.5) is 18.0 Å². The van der Waals surface area contributed by atoms with Gasteiger partial charge in [0.1, 0.15) is 11.4 Å². The van der Waals surface area contributed by atoms with Crippen LogP contribution in [-0.4, -0.2) is 75.0 Å².